The average molecular weight is 292 g/mol. The van der Waals surface area contributed by atoms with Crippen molar-refractivity contribution < 1.29 is 18.3 Å². The monoisotopic (exact) mass is 292 g/mol. The minimum absolute atomic E-state index is 0.0662. The molecule has 0 aliphatic carbocycles. The SMILES string of the molecule is CCS(=O)(=O)c1ccc(-c2cc(OC)ccc2O)cc1. The van der Waals surface area contributed by atoms with Crippen LogP contribution in [0.3, 0.4) is 0 Å². The molecule has 0 bridgehead atoms. The molecule has 0 amide bonds. The molecule has 0 saturated carbocycles. The first-order valence-electron chi connectivity index (χ1n) is 6.18. The molecule has 1 N–H and O–H groups in total. The molecule has 0 spiro atoms. The van der Waals surface area contributed by atoms with E-state index in [-0.39, 0.29) is 16.4 Å². The molecule has 0 radical (unpaired) electrons. The van der Waals surface area contributed by atoms with Crippen molar-refractivity contribution in [2.24, 2.45) is 0 Å². The third kappa shape index (κ3) is 2.77. The molecule has 0 aromatic heterocycles. The molecule has 0 saturated heterocycles. The normalized spacial score (nSPS) is 11.3. The van der Waals surface area contributed by atoms with Crippen molar-refractivity contribution in [3.63, 3.8) is 0 Å². The Balaban J connectivity index is 2.45. The van der Waals surface area contributed by atoms with Crippen molar-refractivity contribution in [1.29, 1.82) is 0 Å². The van der Waals surface area contributed by atoms with Gasteiger partial charge in [-0.3, -0.25) is 0 Å². The van der Waals surface area contributed by atoms with Crippen LogP contribution in [-0.2, 0) is 9.84 Å². The number of sulfone groups is 1. The van der Waals surface area contributed by atoms with E-state index in [4.69, 9.17) is 4.74 Å². The predicted molar refractivity (Wildman–Crippen MR) is 77.8 cm³/mol. The molecule has 0 fully saturated rings. The van der Waals surface area contributed by atoms with E-state index in [0.717, 1.165) is 5.56 Å². The maximum atomic E-state index is 11.7. The molecular weight excluding hydrogens is 276 g/mol. The van der Waals surface area contributed by atoms with Gasteiger partial charge < -0.3 is 9.84 Å². The van der Waals surface area contributed by atoms with Gasteiger partial charge in [-0.05, 0) is 35.9 Å². The molecule has 20 heavy (non-hydrogen) atoms. The van der Waals surface area contributed by atoms with E-state index < -0.39 is 9.84 Å². The van der Waals surface area contributed by atoms with Crippen LogP contribution in [0.5, 0.6) is 11.5 Å². The van der Waals surface area contributed by atoms with Gasteiger partial charge in [0.2, 0.25) is 0 Å². The second kappa shape index (κ2) is 5.54. The fourth-order valence-electron chi connectivity index (χ4n) is 1.88. The van der Waals surface area contributed by atoms with E-state index in [1.54, 1.807) is 56.5 Å². The third-order valence-electron chi connectivity index (χ3n) is 3.11. The lowest BCUT2D eigenvalue weighted by Gasteiger charge is -2.08. The van der Waals surface area contributed by atoms with E-state index in [1.807, 2.05) is 0 Å². The van der Waals surface area contributed by atoms with Gasteiger partial charge in [-0.25, -0.2) is 8.42 Å². The van der Waals surface area contributed by atoms with Crippen LogP contribution in [0.25, 0.3) is 11.1 Å². The van der Waals surface area contributed by atoms with Crippen LogP contribution >= 0.6 is 0 Å². The van der Waals surface area contributed by atoms with Crippen molar-refractivity contribution in [1.82, 2.24) is 0 Å². The number of aromatic hydroxyl groups is 1. The summed E-state index contributed by atoms with van der Waals surface area (Å²) in [6, 6.07) is 11.4. The summed E-state index contributed by atoms with van der Waals surface area (Å²) in [5.41, 5.74) is 1.33. The van der Waals surface area contributed by atoms with Crippen LogP contribution in [0.2, 0.25) is 0 Å². The van der Waals surface area contributed by atoms with Crippen LogP contribution in [0.15, 0.2) is 47.4 Å². The number of benzene rings is 2. The average Bonchev–Trinajstić information content (AvgIpc) is 2.48. The smallest absolute Gasteiger partial charge is 0.178 e. The first kappa shape index (κ1) is 14.4. The number of phenolic OH excluding ortho intramolecular Hbond substituents is 1. The number of hydrogen-bond acceptors (Lipinski definition) is 4. The molecular formula is C15H16O4S. The zero-order valence-electron chi connectivity index (χ0n) is 11.3. The molecule has 0 unspecified atom stereocenters. The lowest BCUT2D eigenvalue weighted by atomic mass is 10.0. The van der Waals surface area contributed by atoms with Crippen LogP contribution in [0, 0.1) is 0 Å². The molecule has 2 rings (SSSR count). The molecule has 5 heteroatoms. The Morgan fingerprint density at radius 1 is 1.10 bits per heavy atom. The summed E-state index contributed by atoms with van der Waals surface area (Å²) in [5, 5.41) is 9.89. The van der Waals surface area contributed by atoms with Crippen LogP contribution in [0.1, 0.15) is 6.92 Å². The summed E-state index contributed by atoms with van der Waals surface area (Å²) >= 11 is 0. The minimum Gasteiger partial charge on any atom is -0.507 e. The van der Waals surface area contributed by atoms with Gasteiger partial charge in [-0.15, -0.1) is 0 Å². The fourth-order valence-corrected chi connectivity index (χ4v) is 2.77. The lowest BCUT2D eigenvalue weighted by molar-refractivity contribution is 0.412. The van der Waals surface area contributed by atoms with Crippen LogP contribution in [0.4, 0.5) is 0 Å². The zero-order valence-corrected chi connectivity index (χ0v) is 12.1. The Morgan fingerprint density at radius 2 is 1.75 bits per heavy atom. The largest absolute Gasteiger partial charge is 0.507 e. The molecule has 0 heterocycles. The number of hydrogen-bond donors (Lipinski definition) is 1. The summed E-state index contributed by atoms with van der Waals surface area (Å²) in [7, 11) is -1.66. The summed E-state index contributed by atoms with van der Waals surface area (Å²) in [5.74, 6) is 0.816. The second-order valence-electron chi connectivity index (χ2n) is 4.31. The highest BCUT2D eigenvalue weighted by atomic mass is 32.2. The van der Waals surface area contributed by atoms with Crippen LogP contribution < -0.4 is 4.74 Å². The van der Waals surface area contributed by atoms with Gasteiger partial charge in [0.05, 0.1) is 17.8 Å². The maximum absolute atomic E-state index is 11.7. The Morgan fingerprint density at radius 3 is 2.30 bits per heavy atom. The highest BCUT2D eigenvalue weighted by Gasteiger charge is 2.12. The Labute approximate surface area is 118 Å². The van der Waals surface area contributed by atoms with E-state index in [2.05, 4.69) is 0 Å². The first-order valence-corrected chi connectivity index (χ1v) is 7.83. The van der Waals surface area contributed by atoms with Gasteiger partial charge in [0.25, 0.3) is 0 Å². The maximum Gasteiger partial charge on any atom is 0.178 e. The molecule has 0 atom stereocenters. The van der Waals surface area contributed by atoms with Gasteiger partial charge in [-0.1, -0.05) is 19.1 Å². The summed E-state index contributed by atoms with van der Waals surface area (Å²) in [6.45, 7) is 1.61. The van der Waals surface area contributed by atoms with Crippen molar-refractivity contribution in [3.05, 3.63) is 42.5 Å². The van der Waals surface area contributed by atoms with Crippen molar-refractivity contribution in [2.75, 3.05) is 12.9 Å². The van der Waals surface area contributed by atoms with E-state index in [0.29, 0.717) is 11.3 Å². The standard InChI is InChI=1S/C15H16O4S/c1-3-20(17,18)13-7-4-11(5-8-13)14-10-12(19-2)6-9-15(14)16/h4-10,16H,3H2,1-2H3. The number of methoxy groups -OCH3 is 1. The van der Waals surface area contributed by atoms with Gasteiger partial charge >= 0.3 is 0 Å². The predicted octanol–water partition coefficient (Wildman–Crippen LogP) is 2.86. The molecule has 4 nitrogen and oxygen atoms in total. The van der Waals surface area contributed by atoms with Crippen molar-refractivity contribution >= 4 is 9.84 Å². The number of rotatable bonds is 4. The van der Waals surface area contributed by atoms with Crippen molar-refractivity contribution in [3.8, 4) is 22.6 Å². The zero-order chi connectivity index (χ0) is 14.8. The Hall–Kier alpha value is -2.01. The minimum atomic E-state index is -3.21. The van der Waals surface area contributed by atoms with E-state index in [1.165, 1.54) is 0 Å². The molecule has 0 aliphatic heterocycles. The van der Waals surface area contributed by atoms with Gasteiger partial charge in [-0.2, -0.15) is 0 Å². The summed E-state index contributed by atoms with van der Waals surface area (Å²) in [4.78, 5) is 0.283. The quantitative estimate of drug-likeness (QED) is 0.941. The third-order valence-corrected chi connectivity index (χ3v) is 4.86. The van der Waals surface area contributed by atoms with Crippen LogP contribution in [-0.4, -0.2) is 26.4 Å². The highest BCUT2D eigenvalue weighted by Crippen LogP contribution is 2.33. The lowest BCUT2D eigenvalue weighted by Crippen LogP contribution is -2.03. The fraction of sp³-hybridized carbons (Fsp3) is 0.200. The first-order chi connectivity index (χ1) is 9.47. The van der Waals surface area contributed by atoms with Crippen molar-refractivity contribution in [2.45, 2.75) is 11.8 Å². The molecule has 0 aliphatic rings. The topological polar surface area (TPSA) is 63.6 Å². The van der Waals surface area contributed by atoms with Gasteiger partial charge in [0, 0.05) is 5.56 Å². The molecule has 2 aromatic carbocycles. The molecule has 106 valence electrons. The second-order valence-corrected chi connectivity index (χ2v) is 6.59. The summed E-state index contributed by atoms with van der Waals surface area (Å²) < 4.78 is 28.6. The Kier molecular flexibility index (Phi) is 3.99. The van der Waals surface area contributed by atoms with E-state index in [9.17, 15) is 13.5 Å². The number of phenols is 1. The summed E-state index contributed by atoms with van der Waals surface area (Å²) in [6.07, 6.45) is 0. The Bertz CT molecular complexity index is 703. The van der Waals surface area contributed by atoms with E-state index >= 15 is 0 Å². The molecule has 2 aromatic rings. The van der Waals surface area contributed by atoms with Gasteiger partial charge in [0.15, 0.2) is 9.84 Å². The number of ether oxygens (including phenoxy) is 1. The highest BCUT2D eigenvalue weighted by molar-refractivity contribution is 7.91. The van der Waals surface area contributed by atoms with Gasteiger partial charge in [0.1, 0.15) is 11.5 Å².